The Labute approximate surface area is 54.1 Å². The highest BCUT2D eigenvalue weighted by Gasteiger charge is 2.28. The molecule has 1 aliphatic rings. The van der Waals surface area contributed by atoms with Gasteiger partial charge in [-0.1, -0.05) is 0 Å². The molecule has 2 N–H and O–H groups in total. The normalized spacial score (nSPS) is 21.0. The number of amides is 1. The van der Waals surface area contributed by atoms with Gasteiger partial charge in [-0.05, 0) is 25.7 Å². The van der Waals surface area contributed by atoms with E-state index in [1.54, 1.807) is 0 Å². The van der Waals surface area contributed by atoms with E-state index in [2.05, 4.69) is 5.32 Å². The third-order valence-electron chi connectivity index (χ3n) is 1.68. The highest BCUT2D eigenvalue weighted by Crippen LogP contribution is 2.32. The molecule has 0 aliphatic heterocycles. The summed E-state index contributed by atoms with van der Waals surface area (Å²) in [5, 5.41) is 10.7. The molecule has 0 aromatic rings. The van der Waals surface area contributed by atoms with Crippen molar-refractivity contribution in [3.05, 3.63) is 0 Å². The maximum Gasteiger partial charge on any atom is 0.404 e. The second-order valence-electron chi connectivity index (χ2n) is 2.58. The summed E-state index contributed by atoms with van der Waals surface area (Å²) in [4.78, 5) is 10.0. The van der Waals surface area contributed by atoms with E-state index in [-0.39, 0.29) is 6.04 Å². The summed E-state index contributed by atoms with van der Waals surface area (Å²) in [6.45, 7) is 1.91. The Kier molecular flexibility index (Phi) is 1.60. The molecule has 1 fully saturated rings. The highest BCUT2D eigenvalue weighted by molar-refractivity contribution is 5.64. The number of hydrogen-bond acceptors (Lipinski definition) is 1. The second-order valence-corrected chi connectivity index (χ2v) is 2.58. The minimum absolute atomic E-state index is 0.155. The number of carboxylic acid groups (broad SMARTS) is 1. The number of rotatable bonds is 2. The minimum atomic E-state index is -0.908. The fraction of sp³-hybridized carbons (Fsp3) is 0.833. The molecule has 0 heterocycles. The Morgan fingerprint density at radius 2 is 2.33 bits per heavy atom. The lowest BCUT2D eigenvalue weighted by Gasteiger charge is -2.07. The average Bonchev–Trinajstić information content (AvgIpc) is 2.40. The van der Waals surface area contributed by atoms with Crippen molar-refractivity contribution in [3.63, 3.8) is 0 Å². The van der Waals surface area contributed by atoms with E-state index in [0.717, 1.165) is 0 Å². The van der Waals surface area contributed by atoms with Gasteiger partial charge in [-0.25, -0.2) is 4.79 Å². The molecule has 0 spiro atoms. The van der Waals surface area contributed by atoms with Crippen molar-refractivity contribution in [2.75, 3.05) is 0 Å². The van der Waals surface area contributed by atoms with Crippen molar-refractivity contribution in [1.29, 1.82) is 0 Å². The summed E-state index contributed by atoms with van der Waals surface area (Å²) >= 11 is 0. The van der Waals surface area contributed by atoms with Crippen LogP contribution in [0.15, 0.2) is 0 Å². The molecule has 0 saturated heterocycles. The molecule has 1 unspecified atom stereocenters. The van der Waals surface area contributed by atoms with Gasteiger partial charge in [0.05, 0.1) is 0 Å². The van der Waals surface area contributed by atoms with Crippen molar-refractivity contribution >= 4 is 6.09 Å². The van der Waals surface area contributed by atoms with Crippen LogP contribution in [0, 0.1) is 5.92 Å². The summed E-state index contributed by atoms with van der Waals surface area (Å²) < 4.78 is 0. The molecule has 3 nitrogen and oxygen atoms in total. The Morgan fingerprint density at radius 3 is 2.67 bits per heavy atom. The lowest BCUT2D eigenvalue weighted by atomic mass is 10.2. The Morgan fingerprint density at radius 1 is 1.78 bits per heavy atom. The molecule has 1 rings (SSSR count). The van der Waals surface area contributed by atoms with E-state index in [1.807, 2.05) is 6.92 Å². The fourth-order valence-corrected chi connectivity index (χ4v) is 0.909. The van der Waals surface area contributed by atoms with Gasteiger partial charge in [-0.3, -0.25) is 0 Å². The zero-order chi connectivity index (χ0) is 6.85. The Hall–Kier alpha value is -0.730. The molecule has 1 saturated carbocycles. The molecule has 3 heteroatoms. The zero-order valence-corrected chi connectivity index (χ0v) is 5.42. The van der Waals surface area contributed by atoms with Crippen molar-refractivity contribution < 1.29 is 9.90 Å². The van der Waals surface area contributed by atoms with Crippen LogP contribution in [0.2, 0.25) is 0 Å². The predicted molar refractivity (Wildman–Crippen MR) is 33.3 cm³/mol. The predicted octanol–water partition coefficient (Wildman–Crippen LogP) is 1.05. The first kappa shape index (κ1) is 6.39. The van der Waals surface area contributed by atoms with Gasteiger partial charge < -0.3 is 10.4 Å². The van der Waals surface area contributed by atoms with Gasteiger partial charge in [0.25, 0.3) is 0 Å². The fourth-order valence-electron chi connectivity index (χ4n) is 0.909. The van der Waals surface area contributed by atoms with Crippen LogP contribution in [-0.4, -0.2) is 17.2 Å². The van der Waals surface area contributed by atoms with Crippen molar-refractivity contribution in [2.24, 2.45) is 5.92 Å². The van der Waals surface area contributed by atoms with Crippen molar-refractivity contribution in [3.8, 4) is 0 Å². The molecular weight excluding hydrogens is 118 g/mol. The van der Waals surface area contributed by atoms with Gasteiger partial charge >= 0.3 is 6.09 Å². The van der Waals surface area contributed by atoms with Gasteiger partial charge in [0.1, 0.15) is 0 Å². The molecule has 52 valence electrons. The van der Waals surface area contributed by atoms with Crippen LogP contribution in [0.3, 0.4) is 0 Å². The number of nitrogens with one attached hydrogen (secondary N) is 1. The number of hydrogen-bond donors (Lipinski definition) is 2. The molecule has 1 aliphatic carbocycles. The summed E-state index contributed by atoms with van der Waals surface area (Å²) in [5.41, 5.74) is 0. The van der Waals surface area contributed by atoms with Crippen LogP contribution in [0.1, 0.15) is 19.8 Å². The van der Waals surface area contributed by atoms with Gasteiger partial charge in [-0.2, -0.15) is 0 Å². The monoisotopic (exact) mass is 129 g/mol. The Balaban J connectivity index is 2.17. The first-order chi connectivity index (χ1) is 4.20. The molecule has 1 amide bonds. The van der Waals surface area contributed by atoms with Crippen LogP contribution in [0.5, 0.6) is 0 Å². The van der Waals surface area contributed by atoms with Crippen LogP contribution in [-0.2, 0) is 0 Å². The van der Waals surface area contributed by atoms with Crippen LogP contribution in [0.25, 0.3) is 0 Å². The first-order valence-corrected chi connectivity index (χ1v) is 3.19. The van der Waals surface area contributed by atoms with E-state index in [0.29, 0.717) is 5.92 Å². The van der Waals surface area contributed by atoms with Crippen LogP contribution >= 0.6 is 0 Å². The van der Waals surface area contributed by atoms with E-state index in [9.17, 15) is 4.79 Å². The quantitative estimate of drug-likeness (QED) is 0.585. The second kappa shape index (κ2) is 2.25. The highest BCUT2D eigenvalue weighted by atomic mass is 16.4. The van der Waals surface area contributed by atoms with Gasteiger partial charge in [0.2, 0.25) is 0 Å². The SMILES string of the molecule is CC(NC(=O)O)C1CC1. The smallest absolute Gasteiger partial charge is 0.404 e. The molecule has 0 aromatic heterocycles. The summed E-state index contributed by atoms with van der Waals surface area (Å²) in [6.07, 6.45) is 1.46. The van der Waals surface area contributed by atoms with E-state index in [1.165, 1.54) is 12.8 Å². The van der Waals surface area contributed by atoms with E-state index >= 15 is 0 Å². The van der Waals surface area contributed by atoms with Gasteiger partial charge in [-0.15, -0.1) is 0 Å². The lowest BCUT2D eigenvalue weighted by Crippen LogP contribution is -2.32. The molecule has 1 atom stereocenters. The molecule has 0 aromatic carbocycles. The third-order valence-corrected chi connectivity index (χ3v) is 1.68. The average molecular weight is 129 g/mol. The standard InChI is InChI=1S/C6H11NO2/c1-4(5-2-3-5)7-6(8)9/h4-5,7H,2-3H2,1H3,(H,8,9). The van der Waals surface area contributed by atoms with Gasteiger partial charge in [0.15, 0.2) is 0 Å². The molecular formula is C6H11NO2. The molecule has 0 radical (unpaired) electrons. The zero-order valence-electron chi connectivity index (χ0n) is 5.42. The maximum atomic E-state index is 10.0. The first-order valence-electron chi connectivity index (χ1n) is 3.19. The number of carbonyl (C=O) groups is 1. The van der Waals surface area contributed by atoms with E-state index < -0.39 is 6.09 Å². The van der Waals surface area contributed by atoms with Crippen molar-refractivity contribution in [2.45, 2.75) is 25.8 Å². The lowest BCUT2D eigenvalue weighted by molar-refractivity contribution is 0.189. The summed E-state index contributed by atoms with van der Waals surface area (Å²) in [5.74, 6) is 0.612. The maximum absolute atomic E-state index is 10.0. The molecule has 9 heavy (non-hydrogen) atoms. The minimum Gasteiger partial charge on any atom is -0.465 e. The Bertz CT molecular complexity index is 120. The summed E-state index contributed by atoms with van der Waals surface area (Å²) in [6, 6.07) is 0.155. The van der Waals surface area contributed by atoms with Gasteiger partial charge in [0, 0.05) is 6.04 Å². The van der Waals surface area contributed by atoms with Crippen LogP contribution < -0.4 is 5.32 Å². The van der Waals surface area contributed by atoms with Crippen molar-refractivity contribution in [1.82, 2.24) is 5.32 Å². The largest absolute Gasteiger partial charge is 0.465 e. The molecule has 0 bridgehead atoms. The van der Waals surface area contributed by atoms with Crippen LogP contribution in [0.4, 0.5) is 4.79 Å². The topological polar surface area (TPSA) is 49.3 Å². The third kappa shape index (κ3) is 1.91. The van der Waals surface area contributed by atoms with E-state index in [4.69, 9.17) is 5.11 Å². The summed E-state index contributed by atoms with van der Waals surface area (Å²) in [7, 11) is 0.